The number of aliphatic hydroxyl groups is 2. The summed E-state index contributed by atoms with van der Waals surface area (Å²) in [5.74, 6) is -3.10. The Bertz CT molecular complexity index is 1630. The molecule has 482 valence electrons. The van der Waals surface area contributed by atoms with E-state index in [4.69, 9.17) is 23.7 Å². The highest BCUT2D eigenvalue weighted by Gasteiger charge is 2.50. The van der Waals surface area contributed by atoms with E-state index in [-0.39, 0.29) is 25.9 Å². The Labute approximate surface area is 507 Å². The molecule has 1 rings (SSSR count). The molecule has 6 atom stereocenters. The number of carbonyl (C=O) groups is 4. The van der Waals surface area contributed by atoms with Gasteiger partial charge in [-0.15, -0.1) is 0 Å². The Kier molecular flexibility index (Phi) is 55.3. The zero-order valence-corrected chi connectivity index (χ0v) is 53.5. The van der Waals surface area contributed by atoms with E-state index < -0.39 is 67.3 Å². The largest absolute Gasteiger partial charge is 0.479 e. The summed E-state index contributed by atoms with van der Waals surface area (Å²) >= 11 is 0. The average Bonchev–Trinajstić information content (AvgIpc) is 3.60. The van der Waals surface area contributed by atoms with Gasteiger partial charge in [0, 0.05) is 19.3 Å². The van der Waals surface area contributed by atoms with Crippen LogP contribution in [0.4, 0.5) is 0 Å². The number of ether oxygens (including phenoxy) is 5. The number of aliphatic hydroxyl groups excluding tert-OH is 2. The van der Waals surface area contributed by atoms with Gasteiger partial charge in [-0.3, -0.25) is 14.4 Å². The van der Waals surface area contributed by atoms with Gasteiger partial charge in [-0.25, -0.2) is 4.79 Å². The minimum Gasteiger partial charge on any atom is -0.479 e. The molecular weight excluding hydrogens is 1040 g/mol. The summed E-state index contributed by atoms with van der Waals surface area (Å²) in [6.45, 7) is 5.95. The molecule has 0 aromatic carbocycles. The van der Waals surface area contributed by atoms with Crippen molar-refractivity contribution in [3.63, 3.8) is 0 Å². The smallest absolute Gasteiger partial charge is 0.335 e. The summed E-state index contributed by atoms with van der Waals surface area (Å²) in [6.07, 6.45) is 60.6. The zero-order chi connectivity index (χ0) is 60.3. The molecule has 6 unspecified atom stereocenters. The highest BCUT2D eigenvalue weighted by Crippen LogP contribution is 2.27. The van der Waals surface area contributed by atoms with E-state index in [0.29, 0.717) is 19.3 Å². The molecule has 0 bridgehead atoms. The highest BCUT2D eigenvalue weighted by molar-refractivity contribution is 5.74. The van der Waals surface area contributed by atoms with Crippen molar-refractivity contribution in [2.45, 2.75) is 366 Å². The third-order valence-corrected chi connectivity index (χ3v) is 15.9. The van der Waals surface area contributed by atoms with E-state index >= 15 is 0 Å². The van der Waals surface area contributed by atoms with Crippen LogP contribution >= 0.6 is 0 Å². The Morgan fingerprint density at radius 1 is 0.410 bits per heavy atom. The van der Waals surface area contributed by atoms with Crippen molar-refractivity contribution in [2.24, 2.45) is 0 Å². The van der Waals surface area contributed by atoms with Gasteiger partial charge in [0.05, 0.1) is 6.61 Å². The summed E-state index contributed by atoms with van der Waals surface area (Å²) in [7, 11) is 0. The molecule has 1 fully saturated rings. The maximum atomic E-state index is 13.2. The van der Waals surface area contributed by atoms with Crippen molar-refractivity contribution in [1.29, 1.82) is 0 Å². The lowest BCUT2D eigenvalue weighted by molar-refractivity contribution is -0.301. The molecule has 0 aromatic heterocycles. The number of unbranched alkanes of at least 4 members (excludes halogenated alkanes) is 38. The van der Waals surface area contributed by atoms with Crippen LogP contribution in [-0.2, 0) is 42.9 Å². The van der Waals surface area contributed by atoms with Crippen LogP contribution in [0.25, 0.3) is 0 Å². The quantitative estimate of drug-likeness (QED) is 0.0228. The number of rotatable bonds is 60. The molecule has 0 saturated carbocycles. The van der Waals surface area contributed by atoms with Crippen LogP contribution in [0.15, 0.2) is 48.6 Å². The molecule has 0 aromatic rings. The molecule has 12 heteroatoms. The topological polar surface area (TPSA) is 175 Å². The van der Waals surface area contributed by atoms with Gasteiger partial charge in [0.2, 0.25) is 0 Å². The standard InChI is InChI=1S/C71H126O12/c1-4-7-10-13-16-19-22-25-28-30-32-34-37-39-42-45-48-51-54-57-63(72)79-60-62(81-64(73)58-55-52-49-46-43-40-36-27-24-21-18-15-12-9-6-3)61-80-71-69(67(76)66(75)68(83-71)70(77)78)82-65(74)59-56-53-50-47-44-41-38-35-33-31-29-26-23-20-17-14-11-8-5-2/h8,11,17,20,26,29,33,35,62,66-69,71,75-76H,4-7,9-10,12-16,18-19,21-25,27-28,30-32,34,36-61H2,1-3H3,(H,77,78)/b11-8-,20-17-,29-26-,35-33-. The molecule has 1 heterocycles. The van der Waals surface area contributed by atoms with Crippen LogP contribution in [0.3, 0.4) is 0 Å². The molecule has 12 nitrogen and oxygen atoms in total. The SMILES string of the molecule is CC/C=C\C/C=C\C/C=C\C/C=C\CCCCCCCCC(=O)OC1C(OCC(COC(=O)CCCCCCCCCCCCCCCCCCCCC)OC(=O)CCCCCCCCCCCCCCCCC)OC(C(=O)O)C(O)C1O. The number of hydrogen-bond donors (Lipinski definition) is 3. The highest BCUT2D eigenvalue weighted by atomic mass is 16.7. The third kappa shape index (κ3) is 48.5. The first-order chi connectivity index (χ1) is 40.6. The molecular formula is C71H126O12. The summed E-state index contributed by atoms with van der Waals surface area (Å²) in [6, 6.07) is 0. The predicted octanol–water partition coefficient (Wildman–Crippen LogP) is 18.9. The Morgan fingerprint density at radius 2 is 0.759 bits per heavy atom. The fourth-order valence-electron chi connectivity index (χ4n) is 10.7. The van der Waals surface area contributed by atoms with Crippen molar-refractivity contribution < 1.29 is 58.2 Å². The second-order valence-electron chi connectivity index (χ2n) is 23.8. The first-order valence-electron chi connectivity index (χ1n) is 34.6. The second-order valence-corrected chi connectivity index (χ2v) is 23.8. The fraction of sp³-hybridized carbons (Fsp3) is 0.831. The van der Waals surface area contributed by atoms with Crippen molar-refractivity contribution in [1.82, 2.24) is 0 Å². The molecule has 1 saturated heterocycles. The number of carboxylic acids is 1. The molecule has 0 aliphatic carbocycles. The lowest BCUT2D eigenvalue weighted by atomic mass is 9.98. The van der Waals surface area contributed by atoms with Crippen molar-refractivity contribution >= 4 is 23.9 Å². The van der Waals surface area contributed by atoms with E-state index in [1.807, 2.05) is 0 Å². The lowest BCUT2D eigenvalue weighted by Gasteiger charge is -2.40. The van der Waals surface area contributed by atoms with Gasteiger partial charge in [-0.2, -0.15) is 0 Å². The average molecular weight is 1170 g/mol. The third-order valence-electron chi connectivity index (χ3n) is 15.9. The molecule has 1 aliphatic heterocycles. The second kappa shape index (κ2) is 59.0. The minimum atomic E-state index is -1.91. The van der Waals surface area contributed by atoms with Crippen LogP contribution in [-0.4, -0.2) is 89.2 Å². The Balaban J connectivity index is 2.62. The van der Waals surface area contributed by atoms with Gasteiger partial charge in [-0.05, 0) is 57.8 Å². The number of esters is 3. The maximum absolute atomic E-state index is 13.2. The molecule has 0 amide bonds. The first-order valence-corrected chi connectivity index (χ1v) is 34.6. The summed E-state index contributed by atoms with van der Waals surface area (Å²) in [5, 5.41) is 31.6. The zero-order valence-electron chi connectivity index (χ0n) is 53.5. The molecule has 83 heavy (non-hydrogen) atoms. The Hall–Kier alpha value is -3.32. The van der Waals surface area contributed by atoms with Crippen LogP contribution in [0.1, 0.15) is 329 Å². The van der Waals surface area contributed by atoms with Crippen LogP contribution < -0.4 is 0 Å². The van der Waals surface area contributed by atoms with Gasteiger partial charge < -0.3 is 39.0 Å². The fourth-order valence-corrected chi connectivity index (χ4v) is 10.7. The van der Waals surface area contributed by atoms with Gasteiger partial charge in [0.25, 0.3) is 0 Å². The molecule has 1 aliphatic rings. The van der Waals surface area contributed by atoms with Crippen molar-refractivity contribution in [3.8, 4) is 0 Å². The molecule has 0 radical (unpaired) electrons. The number of carboxylic acid groups (broad SMARTS) is 1. The van der Waals surface area contributed by atoms with E-state index in [2.05, 4.69) is 69.4 Å². The van der Waals surface area contributed by atoms with E-state index in [1.54, 1.807) is 0 Å². The molecule has 3 N–H and O–H groups in total. The number of aliphatic carboxylic acids is 1. The van der Waals surface area contributed by atoms with Crippen LogP contribution in [0.2, 0.25) is 0 Å². The maximum Gasteiger partial charge on any atom is 0.335 e. The normalized spacial score (nSPS) is 17.8. The summed E-state index contributed by atoms with van der Waals surface area (Å²) in [4.78, 5) is 51.4. The molecule has 0 spiro atoms. The van der Waals surface area contributed by atoms with Crippen LogP contribution in [0, 0.1) is 0 Å². The first kappa shape index (κ1) is 77.7. The minimum absolute atomic E-state index is 0.0470. The number of carbonyl (C=O) groups excluding carboxylic acids is 3. The van der Waals surface area contributed by atoms with Gasteiger partial charge >= 0.3 is 23.9 Å². The van der Waals surface area contributed by atoms with Gasteiger partial charge in [-0.1, -0.05) is 301 Å². The van der Waals surface area contributed by atoms with E-state index in [1.165, 1.54) is 167 Å². The number of allylic oxidation sites excluding steroid dienone is 8. The lowest BCUT2D eigenvalue weighted by Crippen LogP contribution is -2.61. The van der Waals surface area contributed by atoms with Gasteiger partial charge in [0.1, 0.15) is 18.8 Å². The predicted molar refractivity (Wildman–Crippen MR) is 340 cm³/mol. The monoisotopic (exact) mass is 1170 g/mol. The summed E-state index contributed by atoms with van der Waals surface area (Å²) < 4.78 is 28.6. The van der Waals surface area contributed by atoms with E-state index in [0.717, 1.165) is 103 Å². The summed E-state index contributed by atoms with van der Waals surface area (Å²) in [5.41, 5.74) is 0. The van der Waals surface area contributed by atoms with Crippen molar-refractivity contribution in [2.75, 3.05) is 13.2 Å². The number of hydrogen-bond acceptors (Lipinski definition) is 11. The van der Waals surface area contributed by atoms with E-state index in [9.17, 15) is 34.5 Å². The Morgan fingerprint density at radius 3 is 1.16 bits per heavy atom. The van der Waals surface area contributed by atoms with Crippen LogP contribution in [0.5, 0.6) is 0 Å². The van der Waals surface area contributed by atoms with Gasteiger partial charge in [0.15, 0.2) is 24.6 Å². The van der Waals surface area contributed by atoms with Crippen molar-refractivity contribution in [3.05, 3.63) is 48.6 Å².